The molecule has 1 spiro atoms. The van der Waals surface area contributed by atoms with Gasteiger partial charge in [-0.25, -0.2) is 13.2 Å². The molecular weight excluding hydrogens is 740 g/mol. The molecule has 0 aliphatic carbocycles. The molecule has 0 radical (unpaired) electrons. The first-order valence-corrected chi connectivity index (χ1v) is 19.4. The summed E-state index contributed by atoms with van der Waals surface area (Å²) in [4.78, 5) is 41.9. The predicted octanol–water partition coefficient (Wildman–Crippen LogP) is 6.92. The van der Waals surface area contributed by atoms with E-state index >= 15 is 0 Å². The van der Waals surface area contributed by atoms with Gasteiger partial charge in [0.15, 0.2) is 4.90 Å². The van der Waals surface area contributed by atoms with Crippen LogP contribution < -0.4 is 4.74 Å². The zero-order chi connectivity index (χ0) is 36.8. The number of ether oxygens (including phenoxy) is 2. The van der Waals surface area contributed by atoms with Crippen molar-refractivity contribution in [1.82, 2.24) is 14.1 Å². The molecule has 12 nitrogen and oxygen atoms in total. The average molecular weight is 786 g/mol. The summed E-state index contributed by atoms with van der Waals surface area (Å²) in [6.45, 7) is 7.03. The lowest BCUT2D eigenvalue weighted by Gasteiger charge is -2.45. The maximum atomic E-state index is 14.5. The highest BCUT2D eigenvalue weighted by Gasteiger charge is 2.40. The van der Waals surface area contributed by atoms with E-state index in [1.54, 1.807) is 23.1 Å². The van der Waals surface area contributed by atoms with Gasteiger partial charge in [0.05, 0.1) is 10.5 Å². The lowest BCUT2D eigenvalue weighted by Crippen LogP contribution is -2.50. The SMILES string of the molecule is CC(C)(C)OC(=O)N1CCC2(CCCN(S(=O)(=O)c3ccccc3[N+](=O)[O-])CCOc3ccc(Br)cc3C(=O)N(CCc3ccccc3)C2)CC1. The average Bonchev–Trinajstić information content (AvgIpc) is 3.10. The van der Waals surface area contributed by atoms with E-state index in [2.05, 4.69) is 15.9 Å². The number of nitrogens with zero attached hydrogens (tertiary/aromatic N) is 4. The van der Waals surface area contributed by atoms with Gasteiger partial charge in [0.1, 0.15) is 18.0 Å². The molecule has 2 heterocycles. The summed E-state index contributed by atoms with van der Waals surface area (Å²) in [5.74, 6) is 0.101. The minimum absolute atomic E-state index is 0.0816. The van der Waals surface area contributed by atoms with Gasteiger partial charge in [0, 0.05) is 49.8 Å². The lowest BCUT2D eigenvalue weighted by molar-refractivity contribution is -0.387. The van der Waals surface area contributed by atoms with Crippen molar-refractivity contribution in [2.75, 3.05) is 45.9 Å². The number of halogens is 1. The molecule has 14 heteroatoms. The van der Waals surface area contributed by atoms with Gasteiger partial charge in [-0.1, -0.05) is 58.4 Å². The minimum atomic E-state index is -4.30. The number of carbonyl (C=O) groups excluding carboxylic acids is 2. The maximum Gasteiger partial charge on any atom is 0.410 e. The van der Waals surface area contributed by atoms with Crippen molar-refractivity contribution in [3.63, 3.8) is 0 Å². The molecule has 1 fully saturated rings. The van der Waals surface area contributed by atoms with Crippen LogP contribution in [-0.4, -0.2) is 90.9 Å². The first-order chi connectivity index (χ1) is 24.2. The van der Waals surface area contributed by atoms with E-state index in [4.69, 9.17) is 9.47 Å². The van der Waals surface area contributed by atoms with Gasteiger partial charge in [0.2, 0.25) is 10.0 Å². The van der Waals surface area contributed by atoms with Crippen LogP contribution in [0.3, 0.4) is 0 Å². The highest BCUT2D eigenvalue weighted by Crippen LogP contribution is 2.39. The van der Waals surface area contributed by atoms with E-state index in [-0.39, 0.29) is 30.5 Å². The largest absolute Gasteiger partial charge is 0.491 e. The third kappa shape index (κ3) is 9.66. The molecule has 5 rings (SSSR count). The number of rotatable bonds is 6. The molecule has 2 amide bonds. The van der Waals surface area contributed by atoms with Crippen molar-refractivity contribution >= 4 is 43.6 Å². The lowest BCUT2D eigenvalue weighted by atomic mass is 9.74. The van der Waals surface area contributed by atoms with Crippen LogP contribution in [0.4, 0.5) is 10.5 Å². The second kappa shape index (κ2) is 16.1. The number of fused-ring (bicyclic) bond motifs is 1. The van der Waals surface area contributed by atoms with Gasteiger partial charge in [-0.05, 0) is 88.1 Å². The van der Waals surface area contributed by atoms with E-state index in [1.165, 1.54) is 28.6 Å². The van der Waals surface area contributed by atoms with E-state index in [1.807, 2.05) is 56.0 Å². The number of carbonyl (C=O) groups is 2. The summed E-state index contributed by atoms with van der Waals surface area (Å²) in [5.41, 5.74) is -0.178. The fourth-order valence-electron chi connectivity index (χ4n) is 6.71. The van der Waals surface area contributed by atoms with E-state index in [9.17, 15) is 28.1 Å². The Morgan fingerprint density at radius 1 is 0.980 bits per heavy atom. The first kappa shape index (κ1) is 38.2. The fourth-order valence-corrected chi connectivity index (χ4v) is 8.70. The van der Waals surface area contributed by atoms with Crippen LogP contribution in [0.25, 0.3) is 0 Å². The van der Waals surface area contributed by atoms with Gasteiger partial charge in [-0.3, -0.25) is 14.9 Å². The van der Waals surface area contributed by atoms with Crippen LogP contribution in [0.15, 0.2) is 82.2 Å². The van der Waals surface area contributed by atoms with Crippen molar-refractivity contribution in [3.05, 3.63) is 98.5 Å². The van der Waals surface area contributed by atoms with Gasteiger partial charge < -0.3 is 19.3 Å². The second-order valence-electron chi connectivity index (χ2n) is 14.2. The molecule has 0 atom stereocenters. The second-order valence-corrected chi connectivity index (χ2v) is 17.0. The Kier molecular flexibility index (Phi) is 12.1. The Labute approximate surface area is 308 Å². The van der Waals surface area contributed by atoms with Crippen molar-refractivity contribution in [3.8, 4) is 5.75 Å². The summed E-state index contributed by atoms with van der Waals surface area (Å²) in [5, 5.41) is 11.8. The van der Waals surface area contributed by atoms with E-state index in [0.717, 1.165) is 5.56 Å². The molecule has 0 aromatic heterocycles. The highest BCUT2D eigenvalue weighted by molar-refractivity contribution is 9.10. The van der Waals surface area contributed by atoms with Crippen molar-refractivity contribution < 1.29 is 32.4 Å². The molecule has 0 bridgehead atoms. The molecule has 3 aromatic carbocycles. The van der Waals surface area contributed by atoms with Crippen LogP contribution in [0.5, 0.6) is 5.75 Å². The summed E-state index contributed by atoms with van der Waals surface area (Å²) < 4.78 is 41.8. The zero-order valence-corrected chi connectivity index (χ0v) is 31.7. The van der Waals surface area contributed by atoms with Crippen molar-refractivity contribution in [2.45, 2.75) is 63.4 Å². The number of hydrogen-bond donors (Lipinski definition) is 0. The third-order valence-corrected chi connectivity index (χ3v) is 11.8. The quantitative estimate of drug-likeness (QED) is 0.194. The highest BCUT2D eigenvalue weighted by atomic mass is 79.9. The summed E-state index contributed by atoms with van der Waals surface area (Å²) in [6.07, 6.45) is 2.35. The normalized spacial score (nSPS) is 17.8. The number of benzene rings is 3. The van der Waals surface area contributed by atoms with E-state index in [0.29, 0.717) is 74.1 Å². The molecule has 0 N–H and O–H groups in total. The number of nitro groups is 1. The molecule has 2 aliphatic rings. The molecule has 1 saturated heterocycles. The van der Waals surface area contributed by atoms with Crippen LogP contribution in [0.1, 0.15) is 62.4 Å². The molecule has 51 heavy (non-hydrogen) atoms. The van der Waals surface area contributed by atoms with Crippen LogP contribution in [-0.2, 0) is 21.2 Å². The van der Waals surface area contributed by atoms with E-state index < -0.39 is 37.7 Å². The monoisotopic (exact) mass is 784 g/mol. The molecule has 274 valence electrons. The number of amides is 2. The van der Waals surface area contributed by atoms with Gasteiger partial charge in [0.25, 0.3) is 11.6 Å². The van der Waals surface area contributed by atoms with Crippen LogP contribution in [0, 0.1) is 15.5 Å². The molecular formula is C37H45BrN4O8S. The molecule has 2 aliphatic heterocycles. The number of sulfonamides is 1. The Hall–Kier alpha value is -4.01. The summed E-state index contributed by atoms with van der Waals surface area (Å²) in [6, 6.07) is 20.4. The molecule has 0 unspecified atom stereocenters. The van der Waals surface area contributed by atoms with Gasteiger partial charge in [-0.15, -0.1) is 0 Å². The third-order valence-electron chi connectivity index (χ3n) is 9.37. The van der Waals surface area contributed by atoms with Crippen LogP contribution in [0.2, 0.25) is 0 Å². The number of nitro benzene ring substituents is 1. The van der Waals surface area contributed by atoms with Gasteiger partial charge in [-0.2, -0.15) is 4.31 Å². The Morgan fingerprint density at radius 2 is 1.67 bits per heavy atom. The topological polar surface area (TPSA) is 140 Å². The maximum absolute atomic E-state index is 14.5. The number of hydrogen-bond acceptors (Lipinski definition) is 8. The molecule has 0 saturated carbocycles. The first-order valence-electron chi connectivity index (χ1n) is 17.1. The molecule has 3 aromatic rings. The fraction of sp³-hybridized carbons (Fsp3) is 0.459. The Balaban J connectivity index is 1.51. The Morgan fingerprint density at radius 3 is 2.35 bits per heavy atom. The van der Waals surface area contributed by atoms with Crippen molar-refractivity contribution in [2.24, 2.45) is 5.41 Å². The Bertz CT molecular complexity index is 1830. The minimum Gasteiger partial charge on any atom is -0.491 e. The van der Waals surface area contributed by atoms with Crippen LogP contribution >= 0.6 is 15.9 Å². The predicted molar refractivity (Wildman–Crippen MR) is 196 cm³/mol. The smallest absolute Gasteiger partial charge is 0.410 e. The van der Waals surface area contributed by atoms with Crippen molar-refractivity contribution in [1.29, 1.82) is 0 Å². The summed E-state index contributed by atoms with van der Waals surface area (Å²) in [7, 11) is -4.30. The number of piperidine rings is 1. The zero-order valence-electron chi connectivity index (χ0n) is 29.3. The van der Waals surface area contributed by atoms with Gasteiger partial charge >= 0.3 is 6.09 Å². The standard InChI is InChI=1S/C37H45BrN4O8S/c1-36(2,3)50-35(44)39-22-18-37(19-23-39)17-9-20-41(51(47,48)33-13-8-7-12-31(33)42(45)46)24-25-49-32-15-14-29(38)26-30(32)34(43)40(27-37)21-16-28-10-5-4-6-11-28/h4-8,10-15,26H,9,16-25,27H2,1-3H3. The summed E-state index contributed by atoms with van der Waals surface area (Å²) >= 11 is 3.51. The number of likely N-dealkylation sites (tertiary alicyclic amines) is 1. The number of para-hydroxylation sites is 1.